The van der Waals surface area contributed by atoms with E-state index in [0.717, 1.165) is 32.8 Å². The first-order valence-corrected chi connectivity index (χ1v) is 9.29. The first-order valence-electron chi connectivity index (χ1n) is 9.29. The summed E-state index contributed by atoms with van der Waals surface area (Å²) in [6.07, 6.45) is 6.38. The number of H-pyrrole nitrogens is 1. The normalized spacial score (nSPS) is 14.8. The molecule has 4 heterocycles. The Bertz CT molecular complexity index is 1130. The second kappa shape index (κ2) is 7.12. The number of carbonyl (C=O) groups is 2. The predicted octanol–water partition coefficient (Wildman–Crippen LogP) is 3.57. The van der Waals surface area contributed by atoms with Crippen molar-refractivity contribution >= 4 is 28.6 Å². The molecule has 0 radical (unpaired) electrons. The van der Waals surface area contributed by atoms with Crippen molar-refractivity contribution in [3.63, 3.8) is 0 Å². The van der Waals surface area contributed by atoms with Crippen LogP contribution in [-0.4, -0.2) is 49.0 Å². The van der Waals surface area contributed by atoms with Crippen molar-refractivity contribution in [1.82, 2.24) is 24.8 Å². The van der Waals surface area contributed by atoms with E-state index in [9.17, 15) is 9.59 Å². The number of nitrogens with zero attached hydrogens (tertiary/aromatic N) is 4. The van der Waals surface area contributed by atoms with Gasteiger partial charge in [-0.05, 0) is 38.5 Å². The average Bonchev–Trinajstić information content (AvgIpc) is 3.11. The standard InChI is InChI=1S/C21H21N5O3/c1-21(2,3)29-20(28)26-8-7-13(9-18(26)27)16-5-4-6-17(25-16)14-11-23-19-15(14)10-22-12-24-19/h4-7,10-12H,8-9H2,1-3H3,(H,22,23,24). The monoisotopic (exact) mass is 391 g/mol. The zero-order valence-electron chi connectivity index (χ0n) is 16.5. The summed E-state index contributed by atoms with van der Waals surface area (Å²) in [6, 6.07) is 5.65. The van der Waals surface area contributed by atoms with Gasteiger partial charge in [0.1, 0.15) is 17.6 Å². The van der Waals surface area contributed by atoms with Crippen LogP contribution in [0.2, 0.25) is 0 Å². The molecule has 1 aliphatic rings. The topological polar surface area (TPSA) is 101 Å². The van der Waals surface area contributed by atoms with Crippen LogP contribution in [-0.2, 0) is 9.53 Å². The van der Waals surface area contributed by atoms with Crippen molar-refractivity contribution in [2.75, 3.05) is 6.54 Å². The average molecular weight is 391 g/mol. The quantitative estimate of drug-likeness (QED) is 0.717. The maximum atomic E-state index is 12.5. The number of rotatable bonds is 2. The summed E-state index contributed by atoms with van der Waals surface area (Å²) in [5.74, 6) is -0.301. The number of hydrogen-bond donors (Lipinski definition) is 1. The molecular weight excluding hydrogens is 370 g/mol. The van der Waals surface area contributed by atoms with Gasteiger partial charge in [-0.1, -0.05) is 12.1 Å². The lowest BCUT2D eigenvalue weighted by Gasteiger charge is -2.28. The van der Waals surface area contributed by atoms with Crippen LogP contribution in [0.25, 0.3) is 27.9 Å². The molecule has 0 bridgehead atoms. The van der Waals surface area contributed by atoms with Gasteiger partial charge in [-0.15, -0.1) is 0 Å². The molecule has 8 heteroatoms. The van der Waals surface area contributed by atoms with Gasteiger partial charge in [-0.3, -0.25) is 4.79 Å². The molecule has 148 valence electrons. The molecule has 2 amide bonds. The zero-order chi connectivity index (χ0) is 20.6. The Morgan fingerprint density at radius 1 is 1.24 bits per heavy atom. The third-order valence-electron chi connectivity index (χ3n) is 4.49. The third-order valence-corrected chi connectivity index (χ3v) is 4.49. The summed E-state index contributed by atoms with van der Waals surface area (Å²) in [5.41, 5.74) is 3.22. The molecule has 0 spiro atoms. The first kappa shape index (κ1) is 18.8. The Labute approximate surface area is 167 Å². The minimum absolute atomic E-state index is 0.0900. The van der Waals surface area contributed by atoms with Crippen LogP contribution in [0.3, 0.4) is 0 Å². The van der Waals surface area contributed by atoms with Gasteiger partial charge in [0.25, 0.3) is 0 Å². The van der Waals surface area contributed by atoms with Gasteiger partial charge >= 0.3 is 6.09 Å². The highest BCUT2D eigenvalue weighted by atomic mass is 16.6. The van der Waals surface area contributed by atoms with E-state index in [1.54, 1.807) is 27.0 Å². The van der Waals surface area contributed by atoms with Gasteiger partial charge in [-0.25, -0.2) is 24.6 Å². The van der Waals surface area contributed by atoms with Crippen molar-refractivity contribution < 1.29 is 14.3 Å². The third kappa shape index (κ3) is 3.87. The van der Waals surface area contributed by atoms with Crippen molar-refractivity contribution in [2.45, 2.75) is 32.8 Å². The van der Waals surface area contributed by atoms with Gasteiger partial charge in [0.15, 0.2) is 0 Å². The Balaban J connectivity index is 1.59. The van der Waals surface area contributed by atoms with Crippen LogP contribution in [0.15, 0.2) is 43.0 Å². The number of carbonyl (C=O) groups excluding carboxylic acids is 2. The van der Waals surface area contributed by atoms with Crippen LogP contribution < -0.4 is 0 Å². The minimum Gasteiger partial charge on any atom is -0.443 e. The Morgan fingerprint density at radius 3 is 2.79 bits per heavy atom. The lowest BCUT2D eigenvalue weighted by molar-refractivity contribution is -0.129. The van der Waals surface area contributed by atoms with Crippen LogP contribution in [0.4, 0.5) is 4.79 Å². The largest absolute Gasteiger partial charge is 0.443 e. The van der Waals surface area contributed by atoms with E-state index in [2.05, 4.69) is 15.0 Å². The second-order valence-corrected chi connectivity index (χ2v) is 7.79. The first-order chi connectivity index (χ1) is 13.8. The number of pyridine rings is 1. The molecule has 0 saturated carbocycles. The van der Waals surface area contributed by atoms with Gasteiger partial charge in [0.05, 0.1) is 24.4 Å². The van der Waals surface area contributed by atoms with E-state index >= 15 is 0 Å². The highest BCUT2D eigenvalue weighted by Gasteiger charge is 2.30. The molecule has 3 aromatic rings. The molecule has 3 aromatic heterocycles. The summed E-state index contributed by atoms with van der Waals surface area (Å²) in [6.45, 7) is 5.47. The number of imide groups is 1. The number of hydrogen-bond acceptors (Lipinski definition) is 6. The summed E-state index contributed by atoms with van der Waals surface area (Å²) < 4.78 is 5.30. The van der Waals surface area contributed by atoms with Crippen molar-refractivity contribution in [1.29, 1.82) is 0 Å². The SMILES string of the molecule is CC(C)(C)OC(=O)N1CC=C(c2cccc(-c3c[nH]c4ncncc34)n2)CC1=O. The highest BCUT2D eigenvalue weighted by molar-refractivity contribution is 5.99. The molecule has 8 nitrogen and oxygen atoms in total. The Kier molecular flexibility index (Phi) is 4.62. The van der Waals surface area contributed by atoms with Crippen LogP contribution in [0.1, 0.15) is 32.9 Å². The van der Waals surface area contributed by atoms with E-state index in [1.807, 2.05) is 30.5 Å². The van der Waals surface area contributed by atoms with Gasteiger partial charge in [-0.2, -0.15) is 0 Å². The summed E-state index contributed by atoms with van der Waals surface area (Å²) in [7, 11) is 0. The maximum Gasteiger partial charge on any atom is 0.417 e. The molecule has 1 aliphatic heterocycles. The van der Waals surface area contributed by atoms with Gasteiger partial charge < -0.3 is 9.72 Å². The van der Waals surface area contributed by atoms with E-state index in [0.29, 0.717) is 5.69 Å². The van der Waals surface area contributed by atoms with E-state index in [1.165, 1.54) is 6.33 Å². The molecular formula is C21H21N5O3. The fourth-order valence-corrected chi connectivity index (χ4v) is 3.16. The van der Waals surface area contributed by atoms with Crippen LogP contribution in [0.5, 0.6) is 0 Å². The molecule has 0 aromatic carbocycles. The number of aromatic nitrogens is 4. The van der Waals surface area contributed by atoms with Crippen LogP contribution in [0, 0.1) is 0 Å². The van der Waals surface area contributed by atoms with Crippen LogP contribution >= 0.6 is 0 Å². The highest BCUT2D eigenvalue weighted by Crippen LogP contribution is 2.28. The number of aromatic amines is 1. The summed E-state index contributed by atoms with van der Waals surface area (Å²) in [5, 5.41) is 0.877. The fourth-order valence-electron chi connectivity index (χ4n) is 3.16. The molecule has 0 saturated heterocycles. The number of fused-ring (bicyclic) bond motifs is 1. The fraction of sp³-hybridized carbons (Fsp3) is 0.286. The molecule has 29 heavy (non-hydrogen) atoms. The minimum atomic E-state index is -0.652. The predicted molar refractivity (Wildman–Crippen MR) is 108 cm³/mol. The van der Waals surface area contributed by atoms with Gasteiger partial charge in [0.2, 0.25) is 5.91 Å². The zero-order valence-corrected chi connectivity index (χ0v) is 16.5. The molecule has 0 atom stereocenters. The number of amides is 2. The lowest BCUT2D eigenvalue weighted by Crippen LogP contribution is -2.42. The number of ether oxygens (including phenoxy) is 1. The smallest absolute Gasteiger partial charge is 0.417 e. The van der Waals surface area contributed by atoms with Crippen molar-refractivity contribution in [2.24, 2.45) is 0 Å². The lowest BCUT2D eigenvalue weighted by atomic mass is 10.0. The molecule has 1 N–H and O–H groups in total. The molecule has 0 fully saturated rings. The van der Waals surface area contributed by atoms with E-state index in [-0.39, 0.29) is 18.9 Å². The van der Waals surface area contributed by atoms with E-state index < -0.39 is 11.7 Å². The van der Waals surface area contributed by atoms with Crippen molar-refractivity contribution in [3.05, 3.63) is 48.7 Å². The molecule has 0 unspecified atom stereocenters. The Morgan fingerprint density at radius 2 is 2.03 bits per heavy atom. The van der Waals surface area contributed by atoms with Crippen molar-refractivity contribution in [3.8, 4) is 11.3 Å². The second-order valence-electron chi connectivity index (χ2n) is 7.79. The molecule has 4 rings (SSSR count). The summed E-state index contributed by atoms with van der Waals surface area (Å²) >= 11 is 0. The molecule has 0 aliphatic carbocycles. The van der Waals surface area contributed by atoms with E-state index in [4.69, 9.17) is 9.72 Å². The maximum absolute atomic E-state index is 12.5. The Hall–Kier alpha value is -3.55. The number of nitrogens with one attached hydrogen (secondary N) is 1. The summed E-state index contributed by atoms with van der Waals surface area (Å²) in [4.78, 5) is 42.0. The van der Waals surface area contributed by atoms with Gasteiger partial charge in [0, 0.05) is 23.3 Å².